The van der Waals surface area contributed by atoms with Crippen LogP contribution in [0.4, 0.5) is 17.1 Å². The van der Waals surface area contributed by atoms with Crippen LogP contribution in [0.3, 0.4) is 0 Å². The Morgan fingerprint density at radius 2 is 0.778 bits per heavy atom. The lowest BCUT2D eigenvalue weighted by molar-refractivity contribution is 0.793. The molecule has 1 spiro atoms. The Kier molecular flexibility index (Phi) is 6.84. The molecule has 1 heteroatoms. The van der Waals surface area contributed by atoms with Gasteiger partial charge in [-0.15, -0.1) is 0 Å². The summed E-state index contributed by atoms with van der Waals surface area (Å²) in [6.45, 7) is 0. The zero-order chi connectivity index (χ0) is 35.6. The third-order valence-corrected chi connectivity index (χ3v) is 11.7. The minimum absolute atomic E-state index is 0.392. The maximum atomic E-state index is 2.46. The Hall–Kier alpha value is -6.96. The molecule has 0 heterocycles. The summed E-state index contributed by atoms with van der Waals surface area (Å²) in [5, 5.41) is 2.53. The topological polar surface area (TPSA) is 3.24 Å². The maximum absolute atomic E-state index is 2.46. The van der Waals surface area contributed by atoms with E-state index in [9.17, 15) is 0 Å². The average Bonchev–Trinajstić information content (AvgIpc) is 3.71. The maximum Gasteiger partial charge on any atom is 0.0726 e. The first kappa shape index (κ1) is 30.6. The summed E-state index contributed by atoms with van der Waals surface area (Å²) in [5.41, 5.74) is 18.5. The number of hydrogen-bond donors (Lipinski definition) is 0. The number of anilines is 3. The molecular weight excluding hydrogens is 651 g/mol. The van der Waals surface area contributed by atoms with Crippen molar-refractivity contribution in [2.24, 2.45) is 0 Å². The molecule has 9 aromatic rings. The number of fused-ring (bicyclic) bond motifs is 11. The fourth-order valence-corrected chi connectivity index (χ4v) is 9.39. The smallest absolute Gasteiger partial charge is 0.0726 e. The quantitative estimate of drug-likeness (QED) is 0.174. The molecular formula is C53H35N. The van der Waals surface area contributed by atoms with Crippen molar-refractivity contribution in [1.82, 2.24) is 0 Å². The molecule has 54 heavy (non-hydrogen) atoms. The van der Waals surface area contributed by atoms with Gasteiger partial charge < -0.3 is 4.90 Å². The van der Waals surface area contributed by atoms with Crippen LogP contribution in [0, 0.1) is 0 Å². The van der Waals surface area contributed by atoms with Crippen LogP contribution >= 0.6 is 0 Å². The van der Waals surface area contributed by atoms with Crippen molar-refractivity contribution in [1.29, 1.82) is 0 Å². The summed E-state index contributed by atoms with van der Waals surface area (Å²) in [6, 6.07) is 78.1. The van der Waals surface area contributed by atoms with E-state index in [0.29, 0.717) is 0 Å². The van der Waals surface area contributed by atoms with E-state index in [1.54, 1.807) is 0 Å². The molecule has 1 nitrogen and oxygen atoms in total. The first-order chi connectivity index (χ1) is 26.8. The van der Waals surface area contributed by atoms with Gasteiger partial charge in [-0.25, -0.2) is 0 Å². The monoisotopic (exact) mass is 685 g/mol. The zero-order valence-corrected chi connectivity index (χ0v) is 29.7. The van der Waals surface area contributed by atoms with Crippen LogP contribution in [0.25, 0.3) is 55.3 Å². The summed E-state index contributed by atoms with van der Waals surface area (Å²) < 4.78 is 0. The van der Waals surface area contributed by atoms with Crippen LogP contribution in [0.2, 0.25) is 0 Å². The molecule has 0 atom stereocenters. The lowest BCUT2D eigenvalue weighted by Crippen LogP contribution is -2.26. The van der Waals surface area contributed by atoms with Gasteiger partial charge >= 0.3 is 0 Å². The second kappa shape index (κ2) is 12.0. The molecule has 0 fully saturated rings. The highest BCUT2D eigenvalue weighted by atomic mass is 15.1. The zero-order valence-electron chi connectivity index (χ0n) is 29.7. The van der Waals surface area contributed by atoms with E-state index in [-0.39, 0.29) is 0 Å². The van der Waals surface area contributed by atoms with Crippen molar-refractivity contribution in [3.63, 3.8) is 0 Å². The predicted molar refractivity (Wildman–Crippen MR) is 226 cm³/mol. The fraction of sp³-hybridized carbons (Fsp3) is 0.0189. The molecule has 0 bridgehead atoms. The van der Waals surface area contributed by atoms with E-state index in [2.05, 4.69) is 217 Å². The Balaban J connectivity index is 1.05. The summed E-state index contributed by atoms with van der Waals surface area (Å²) in [4.78, 5) is 2.40. The normalized spacial score (nSPS) is 13.0. The van der Waals surface area contributed by atoms with Gasteiger partial charge in [-0.3, -0.25) is 0 Å². The molecule has 252 valence electrons. The van der Waals surface area contributed by atoms with E-state index in [4.69, 9.17) is 0 Å². The van der Waals surface area contributed by atoms with Gasteiger partial charge in [0, 0.05) is 17.1 Å². The summed E-state index contributed by atoms with van der Waals surface area (Å²) >= 11 is 0. The van der Waals surface area contributed by atoms with E-state index in [1.807, 2.05) is 0 Å². The van der Waals surface area contributed by atoms with Crippen molar-refractivity contribution >= 4 is 27.8 Å². The minimum atomic E-state index is -0.392. The van der Waals surface area contributed by atoms with Gasteiger partial charge in [-0.05, 0) is 120 Å². The Morgan fingerprint density at radius 1 is 0.278 bits per heavy atom. The Labute approximate surface area is 316 Å². The van der Waals surface area contributed by atoms with Crippen molar-refractivity contribution < 1.29 is 0 Å². The van der Waals surface area contributed by atoms with Gasteiger partial charge in [0.25, 0.3) is 0 Å². The molecule has 0 saturated heterocycles. The Morgan fingerprint density at radius 3 is 1.48 bits per heavy atom. The van der Waals surface area contributed by atoms with Gasteiger partial charge in [0.2, 0.25) is 0 Å². The van der Waals surface area contributed by atoms with Gasteiger partial charge in [-0.1, -0.05) is 170 Å². The van der Waals surface area contributed by atoms with Gasteiger partial charge in [0.15, 0.2) is 0 Å². The summed E-state index contributed by atoms with van der Waals surface area (Å²) in [5.74, 6) is 0. The highest BCUT2D eigenvalue weighted by Crippen LogP contribution is 2.63. The standard InChI is InChI=1S/C53H35N/c1-2-18-40(19-3-1)54(41-30-28-36(29-31-41)38-16-12-17-39(34-38)44-24-13-15-37-14-4-5-20-43(37)44)42-32-33-48-47-23-8-11-27-51(47)53(52(48)35-42)49-25-9-6-21-45(49)46-22-7-10-26-50(46)53/h1-35H. The van der Waals surface area contributed by atoms with Crippen LogP contribution in [-0.2, 0) is 5.41 Å². The highest BCUT2D eigenvalue weighted by Gasteiger charge is 2.51. The first-order valence-electron chi connectivity index (χ1n) is 18.8. The second-order valence-electron chi connectivity index (χ2n) is 14.4. The van der Waals surface area contributed by atoms with E-state index in [0.717, 1.165) is 17.1 Å². The highest BCUT2D eigenvalue weighted by molar-refractivity contribution is 5.98. The number of rotatable bonds is 5. The van der Waals surface area contributed by atoms with Crippen LogP contribution < -0.4 is 4.90 Å². The molecule has 0 amide bonds. The molecule has 0 aliphatic heterocycles. The van der Waals surface area contributed by atoms with Crippen molar-refractivity contribution in [2.45, 2.75) is 5.41 Å². The largest absolute Gasteiger partial charge is 0.310 e. The molecule has 0 unspecified atom stereocenters. The minimum Gasteiger partial charge on any atom is -0.310 e. The lowest BCUT2D eigenvalue weighted by atomic mass is 9.70. The van der Waals surface area contributed by atoms with E-state index in [1.165, 1.54) is 77.5 Å². The molecule has 2 aliphatic rings. The predicted octanol–water partition coefficient (Wildman–Crippen LogP) is 14.0. The third kappa shape index (κ3) is 4.45. The van der Waals surface area contributed by atoms with Gasteiger partial charge in [0.05, 0.1) is 5.41 Å². The van der Waals surface area contributed by atoms with E-state index >= 15 is 0 Å². The summed E-state index contributed by atoms with van der Waals surface area (Å²) in [7, 11) is 0. The number of para-hydroxylation sites is 1. The van der Waals surface area contributed by atoms with Crippen LogP contribution in [0.5, 0.6) is 0 Å². The van der Waals surface area contributed by atoms with Crippen LogP contribution in [0.15, 0.2) is 212 Å². The number of hydrogen-bond acceptors (Lipinski definition) is 1. The van der Waals surface area contributed by atoms with Gasteiger partial charge in [-0.2, -0.15) is 0 Å². The SMILES string of the molecule is c1ccc(N(c2ccc(-c3cccc(-c4cccc5ccccc45)c3)cc2)c2ccc3c(c2)C2(c4ccccc4-c4ccccc42)c2ccccc2-3)cc1. The van der Waals surface area contributed by atoms with Crippen molar-refractivity contribution in [3.05, 3.63) is 235 Å². The first-order valence-corrected chi connectivity index (χ1v) is 18.8. The molecule has 9 aromatic carbocycles. The lowest BCUT2D eigenvalue weighted by Gasteiger charge is -2.32. The van der Waals surface area contributed by atoms with Gasteiger partial charge in [0.1, 0.15) is 0 Å². The molecule has 0 aromatic heterocycles. The summed E-state index contributed by atoms with van der Waals surface area (Å²) in [6.07, 6.45) is 0. The van der Waals surface area contributed by atoms with E-state index < -0.39 is 5.41 Å². The molecule has 11 rings (SSSR count). The average molecular weight is 686 g/mol. The third-order valence-electron chi connectivity index (χ3n) is 11.7. The van der Waals surface area contributed by atoms with Crippen molar-refractivity contribution in [3.8, 4) is 44.5 Å². The molecule has 2 aliphatic carbocycles. The number of nitrogens with zero attached hydrogens (tertiary/aromatic N) is 1. The fourth-order valence-electron chi connectivity index (χ4n) is 9.39. The van der Waals surface area contributed by atoms with Crippen LogP contribution in [-0.4, -0.2) is 0 Å². The Bertz CT molecular complexity index is 2810. The number of benzene rings is 9. The van der Waals surface area contributed by atoms with Crippen molar-refractivity contribution in [2.75, 3.05) is 4.90 Å². The second-order valence-corrected chi connectivity index (χ2v) is 14.4. The molecule has 0 radical (unpaired) electrons. The molecule has 0 saturated carbocycles. The van der Waals surface area contributed by atoms with Crippen LogP contribution in [0.1, 0.15) is 22.3 Å². The molecule has 0 N–H and O–H groups in total.